The molecule has 2 aromatic heterocycles. The smallest absolute Gasteiger partial charge is 0.251 e. The summed E-state index contributed by atoms with van der Waals surface area (Å²) in [7, 11) is 0. The van der Waals surface area contributed by atoms with Gasteiger partial charge in [0, 0.05) is 48.6 Å². The van der Waals surface area contributed by atoms with Gasteiger partial charge >= 0.3 is 0 Å². The molecule has 0 saturated heterocycles. The van der Waals surface area contributed by atoms with E-state index >= 15 is 0 Å². The quantitative estimate of drug-likeness (QED) is 0.786. The minimum atomic E-state index is -0.0679. The Balaban J connectivity index is 1.68. The van der Waals surface area contributed by atoms with Crippen LogP contribution in [-0.2, 0) is 6.54 Å². The Morgan fingerprint density at radius 2 is 2.05 bits per heavy atom. The second kappa shape index (κ2) is 6.30. The van der Waals surface area contributed by atoms with Gasteiger partial charge in [0.2, 0.25) is 0 Å². The Kier molecular flexibility index (Phi) is 4.05. The third-order valence-electron chi connectivity index (χ3n) is 3.43. The molecule has 5 heteroatoms. The molecule has 1 aromatic carbocycles. The predicted octanol–water partition coefficient (Wildman–Crippen LogP) is 2.49. The van der Waals surface area contributed by atoms with Crippen molar-refractivity contribution in [2.75, 3.05) is 0 Å². The van der Waals surface area contributed by atoms with Gasteiger partial charge in [-0.1, -0.05) is 6.07 Å². The van der Waals surface area contributed by atoms with Gasteiger partial charge in [0.15, 0.2) is 0 Å². The number of rotatable bonds is 5. The Bertz CT molecular complexity index is 732. The first-order valence-corrected chi connectivity index (χ1v) is 7.22. The Morgan fingerprint density at radius 3 is 2.77 bits per heavy atom. The van der Waals surface area contributed by atoms with Gasteiger partial charge in [0.25, 0.3) is 5.91 Å². The zero-order valence-electron chi connectivity index (χ0n) is 12.4. The second-order valence-corrected chi connectivity index (χ2v) is 5.27. The molecule has 0 unspecified atom stereocenters. The van der Waals surface area contributed by atoms with E-state index in [1.807, 2.05) is 71.0 Å². The summed E-state index contributed by atoms with van der Waals surface area (Å²) < 4.78 is 3.92. The van der Waals surface area contributed by atoms with E-state index in [-0.39, 0.29) is 11.9 Å². The zero-order valence-corrected chi connectivity index (χ0v) is 12.4. The summed E-state index contributed by atoms with van der Waals surface area (Å²) in [4.78, 5) is 16.4. The summed E-state index contributed by atoms with van der Waals surface area (Å²) in [6.07, 6.45) is 9.27. The topological polar surface area (TPSA) is 51.9 Å². The van der Waals surface area contributed by atoms with E-state index in [0.29, 0.717) is 12.1 Å². The van der Waals surface area contributed by atoms with Crippen molar-refractivity contribution in [2.24, 2.45) is 0 Å². The highest BCUT2D eigenvalue weighted by molar-refractivity contribution is 5.94. The van der Waals surface area contributed by atoms with E-state index in [1.165, 1.54) is 0 Å². The van der Waals surface area contributed by atoms with Crippen LogP contribution < -0.4 is 5.32 Å². The molecule has 3 rings (SSSR count). The minimum absolute atomic E-state index is 0.0249. The summed E-state index contributed by atoms with van der Waals surface area (Å²) in [5, 5.41) is 3.01. The number of benzene rings is 1. The number of carbonyl (C=O) groups is 1. The molecule has 3 aromatic rings. The van der Waals surface area contributed by atoms with Crippen molar-refractivity contribution in [3.63, 3.8) is 0 Å². The van der Waals surface area contributed by atoms with Crippen LogP contribution >= 0.6 is 0 Å². The van der Waals surface area contributed by atoms with Gasteiger partial charge in [0.05, 0.1) is 6.33 Å². The third-order valence-corrected chi connectivity index (χ3v) is 3.43. The molecule has 0 spiro atoms. The normalized spacial score (nSPS) is 12.0. The van der Waals surface area contributed by atoms with E-state index in [4.69, 9.17) is 0 Å². The van der Waals surface area contributed by atoms with Crippen molar-refractivity contribution in [3.05, 3.63) is 73.1 Å². The first-order chi connectivity index (χ1) is 10.7. The molecule has 5 nitrogen and oxygen atoms in total. The summed E-state index contributed by atoms with van der Waals surface area (Å²) >= 11 is 0. The van der Waals surface area contributed by atoms with Crippen molar-refractivity contribution in [2.45, 2.75) is 19.5 Å². The SMILES string of the molecule is C[C@@H](Cn1ccnc1)NC(=O)c1cccc(-n2cccc2)c1. The molecule has 22 heavy (non-hydrogen) atoms. The van der Waals surface area contributed by atoms with Crippen molar-refractivity contribution >= 4 is 5.91 Å². The molecule has 0 fully saturated rings. The summed E-state index contributed by atoms with van der Waals surface area (Å²) in [5.74, 6) is -0.0679. The highest BCUT2D eigenvalue weighted by atomic mass is 16.1. The maximum absolute atomic E-state index is 12.4. The van der Waals surface area contributed by atoms with Gasteiger partial charge in [-0.3, -0.25) is 4.79 Å². The molecular weight excluding hydrogens is 276 g/mol. The number of amides is 1. The molecule has 1 amide bonds. The Labute approximate surface area is 129 Å². The van der Waals surface area contributed by atoms with Gasteiger partial charge in [-0.15, -0.1) is 0 Å². The molecule has 1 atom stereocenters. The maximum atomic E-state index is 12.4. The van der Waals surface area contributed by atoms with Crippen LogP contribution in [0, 0.1) is 0 Å². The Hall–Kier alpha value is -2.82. The molecule has 0 aliphatic heterocycles. The van der Waals surface area contributed by atoms with E-state index in [2.05, 4.69) is 10.3 Å². The van der Waals surface area contributed by atoms with E-state index in [1.54, 1.807) is 12.5 Å². The zero-order chi connectivity index (χ0) is 15.4. The lowest BCUT2D eigenvalue weighted by Crippen LogP contribution is -2.35. The number of aromatic nitrogens is 3. The third kappa shape index (κ3) is 3.25. The van der Waals surface area contributed by atoms with E-state index < -0.39 is 0 Å². The number of hydrogen-bond donors (Lipinski definition) is 1. The van der Waals surface area contributed by atoms with Crippen LogP contribution in [0.25, 0.3) is 5.69 Å². The fourth-order valence-corrected chi connectivity index (χ4v) is 2.38. The highest BCUT2D eigenvalue weighted by Gasteiger charge is 2.11. The number of nitrogens with zero attached hydrogens (tertiary/aromatic N) is 3. The van der Waals surface area contributed by atoms with Crippen LogP contribution in [0.4, 0.5) is 0 Å². The summed E-state index contributed by atoms with van der Waals surface area (Å²) in [6.45, 7) is 2.68. The van der Waals surface area contributed by atoms with Gasteiger partial charge in [-0.05, 0) is 37.3 Å². The molecule has 0 aliphatic rings. The average Bonchev–Trinajstić information content (AvgIpc) is 3.20. The first-order valence-electron chi connectivity index (χ1n) is 7.22. The molecular formula is C17H18N4O. The fraction of sp³-hybridized carbons (Fsp3) is 0.176. The standard InChI is InChI=1S/C17H18N4O/c1-14(12-20-10-7-18-13-20)19-17(22)15-5-4-6-16(11-15)21-8-2-3-9-21/h2-11,13-14H,12H2,1H3,(H,19,22)/t14-/m0/s1. The van der Waals surface area contributed by atoms with Gasteiger partial charge in [-0.2, -0.15) is 0 Å². The number of carbonyl (C=O) groups excluding carboxylic acids is 1. The lowest BCUT2D eigenvalue weighted by atomic mass is 10.1. The van der Waals surface area contributed by atoms with Crippen LogP contribution in [0.15, 0.2) is 67.5 Å². The van der Waals surface area contributed by atoms with Crippen molar-refractivity contribution in [3.8, 4) is 5.69 Å². The molecule has 2 heterocycles. The molecule has 1 N–H and O–H groups in total. The molecule has 0 saturated carbocycles. The number of nitrogens with one attached hydrogen (secondary N) is 1. The van der Waals surface area contributed by atoms with Crippen LogP contribution in [0.2, 0.25) is 0 Å². The Morgan fingerprint density at radius 1 is 1.23 bits per heavy atom. The summed E-state index contributed by atoms with van der Waals surface area (Å²) in [5.41, 5.74) is 1.63. The van der Waals surface area contributed by atoms with Crippen LogP contribution in [-0.4, -0.2) is 26.1 Å². The predicted molar refractivity (Wildman–Crippen MR) is 84.9 cm³/mol. The fourth-order valence-electron chi connectivity index (χ4n) is 2.38. The van der Waals surface area contributed by atoms with Crippen LogP contribution in [0.1, 0.15) is 17.3 Å². The van der Waals surface area contributed by atoms with Gasteiger partial charge in [-0.25, -0.2) is 4.98 Å². The number of hydrogen-bond acceptors (Lipinski definition) is 2. The van der Waals surface area contributed by atoms with Crippen LogP contribution in [0.3, 0.4) is 0 Å². The second-order valence-electron chi connectivity index (χ2n) is 5.27. The van der Waals surface area contributed by atoms with Crippen molar-refractivity contribution in [1.82, 2.24) is 19.4 Å². The lowest BCUT2D eigenvalue weighted by molar-refractivity contribution is 0.0936. The van der Waals surface area contributed by atoms with Gasteiger partial charge in [0.1, 0.15) is 0 Å². The number of imidazole rings is 1. The monoisotopic (exact) mass is 294 g/mol. The van der Waals surface area contributed by atoms with Crippen LogP contribution in [0.5, 0.6) is 0 Å². The largest absolute Gasteiger partial charge is 0.348 e. The van der Waals surface area contributed by atoms with E-state index in [9.17, 15) is 4.79 Å². The molecule has 112 valence electrons. The minimum Gasteiger partial charge on any atom is -0.348 e. The molecule has 0 bridgehead atoms. The lowest BCUT2D eigenvalue weighted by Gasteiger charge is -2.15. The van der Waals surface area contributed by atoms with Crippen molar-refractivity contribution in [1.29, 1.82) is 0 Å². The highest BCUT2D eigenvalue weighted by Crippen LogP contribution is 2.11. The average molecular weight is 294 g/mol. The van der Waals surface area contributed by atoms with Crippen molar-refractivity contribution < 1.29 is 4.79 Å². The van der Waals surface area contributed by atoms with Gasteiger partial charge < -0.3 is 14.5 Å². The molecule has 0 radical (unpaired) electrons. The summed E-state index contributed by atoms with van der Waals surface area (Å²) in [6, 6.07) is 11.5. The van der Waals surface area contributed by atoms with E-state index in [0.717, 1.165) is 5.69 Å². The first kappa shape index (κ1) is 14.1. The maximum Gasteiger partial charge on any atom is 0.251 e. The molecule has 0 aliphatic carbocycles.